The van der Waals surface area contributed by atoms with Gasteiger partial charge >= 0.3 is 6.18 Å². The first-order valence-electron chi connectivity index (χ1n) is 9.22. The van der Waals surface area contributed by atoms with Crippen LogP contribution in [0.5, 0.6) is 11.5 Å². The van der Waals surface area contributed by atoms with E-state index in [4.69, 9.17) is 4.74 Å². The van der Waals surface area contributed by atoms with Crippen LogP contribution in [0.4, 0.5) is 29.2 Å². The molecule has 32 heavy (non-hydrogen) atoms. The number of H-pyrrole nitrogens is 1. The van der Waals surface area contributed by atoms with Crippen LogP contribution in [-0.4, -0.2) is 27.9 Å². The lowest BCUT2D eigenvalue weighted by atomic mass is 10.2. The van der Waals surface area contributed by atoms with Crippen molar-refractivity contribution < 1.29 is 27.1 Å². The Morgan fingerprint density at radius 3 is 2.59 bits per heavy atom. The van der Waals surface area contributed by atoms with E-state index in [0.717, 1.165) is 6.07 Å². The highest BCUT2D eigenvalue weighted by Crippen LogP contribution is 2.33. The minimum Gasteiger partial charge on any atom is -0.457 e. The summed E-state index contributed by atoms with van der Waals surface area (Å²) >= 11 is 0. The molecule has 0 saturated carbocycles. The van der Waals surface area contributed by atoms with Crippen molar-refractivity contribution in [3.63, 3.8) is 0 Å². The van der Waals surface area contributed by atoms with E-state index in [1.807, 2.05) is 0 Å². The van der Waals surface area contributed by atoms with Crippen molar-refractivity contribution in [1.82, 2.24) is 20.3 Å². The number of benzene rings is 2. The van der Waals surface area contributed by atoms with Crippen LogP contribution in [0.1, 0.15) is 16.1 Å². The van der Waals surface area contributed by atoms with E-state index in [0.29, 0.717) is 34.7 Å². The molecule has 0 radical (unpaired) electrons. The largest absolute Gasteiger partial charge is 0.457 e. The molecule has 4 rings (SSSR count). The quantitative estimate of drug-likeness (QED) is 0.376. The van der Waals surface area contributed by atoms with E-state index >= 15 is 0 Å². The average molecular weight is 445 g/mol. The Labute approximate surface area is 178 Å². The van der Waals surface area contributed by atoms with Gasteiger partial charge in [-0.2, -0.15) is 13.2 Å². The van der Waals surface area contributed by atoms with Gasteiger partial charge in [-0.15, -0.1) is 0 Å². The molecule has 0 aliphatic rings. The number of carbonyl (C=O) groups is 1. The van der Waals surface area contributed by atoms with Crippen molar-refractivity contribution in [3.05, 3.63) is 71.8 Å². The first kappa shape index (κ1) is 21.1. The molecular weight excluding hydrogens is 430 g/mol. The number of carbonyl (C=O) groups excluding carboxylic acids is 1. The first-order chi connectivity index (χ1) is 15.2. The Kier molecular flexibility index (Phi) is 5.39. The predicted molar refractivity (Wildman–Crippen MR) is 108 cm³/mol. The molecule has 1 amide bonds. The Hall–Kier alpha value is -4.15. The zero-order valence-electron chi connectivity index (χ0n) is 16.4. The van der Waals surface area contributed by atoms with E-state index in [9.17, 15) is 22.4 Å². The van der Waals surface area contributed by atoms with Gasteiger partial charge in [0.25, 0.3) is 5.91 Å². The number of anilines is 2. The monoisotopic (exact) mass is 445 g/mol. The zero-order chi connectivity index (χ0) is 22.9. The summed E-state index contributed by atoms with van der Waals surface area (Å²) in [6.45, 7) is 0. The molecule has 11 heteroatoms. The number of imidazole rings is 1. The number of halogens is 4. The van der Waals surface area contributed by atoms with Gasteiger partial charge in [0.1, 0.15) is 23.0 Å². The number of ether oxygens (including phenoxy) is 1. The number of pyridine rings is 1. The minimum atomic E-state index is -4.60. The van der Waals surface area contributed by atoms with Gasteiger partial charge < -0.3 is 20.4 Å². The van der Waals surface area contributed by atoms with Gasteiger partial charge in [0, 0.05) is 25.4 Å². The van der Waals surface area contributed by atoms with Crippen LogP contribution >= 0.6 is 0 Å². The summed E-state index contributed by atoms with van der Waals surface area (Å²) < 4.78 is 58.5. The number of hydrogen-bond donors (Lipinski definition) is 3. The van der Waals surface area contributed by atoms with Crippen molar-refractivity contribution in [2.75, 3.05) is 12.4 Å². The molecule has 164 valence electrons. The first-order valence-corrected chi connectivity index (χ1v) is 9.22. The van der Waals surface area contributed by atoms with E-state index in [1.165, 1.54) is 19.3 Å². The van der Waals surface area contributed by atoms with Crippen LogP contribution in [0.2, 0.25) is 0 Å². The SMILES string of the molecule is CNC(=O)c1cc(Oc2ccc3[nH]c(Nc4cc(C(F)(F)F)ccc4F)nc3c2)ccn1. The van der Waals surface area contributed by atoms with Crippen LogP contribution in [-0.2, 0) is 6.18 Å². The number of rotatable bonds is 5. The third-order valence-electron chi connectivity index (χ3n) is 4.43. The number of amides is 1. The number of hydrogen-bond acceptors (Lipinski definition) is 5. The van der Waals surface area contributed by atoms with Gasteiger partial charge in [0.15, 0.2) is 0 Å². The lowest BCUT2D eigenvalue weighted by molar-refractivity contribution is -0.137. The molecule has 4 aromatic rings. The molecule has 7 nitrogen and oxygen atoms in total. The Bertz CT molecular complexity index is 1300. The molecule has 2 aromatic heterocycles. The second kappa shape index (κ2) is 8.17. The standard InChI is InChI=1S/C21H15F4N5O2/c1-26-19(31)18-10-13(6-7-27-18)32-12-3-5-15-17(9-12)30-20(28-15)29-16-8-11(21(23,24)25)2-4-14(16)22/h2-10H,1H3,(H,26,31)(H2,28,29,30). The fourth-order valence-electron chi connectivity index (χ4n) is 2.90. The molecule has 0 bridgehead atoms. The maximum atomic E-state index is 14.0. The molecule has 2 aromatic carbocycles. The number of nitrogens with one attached hydrogen (secondary N) is 3. The topological polar surface area (TPSA) is 91.9 Å². The maximum absolute atomic E-state index is 14.0. The third kappa shape index (κ3) is 4.46. The van der Waals surface area contributed by atoms with Crippen LogP contribution in [0.25, 0.3) is 11.0 Å². The molecule has 0 aliphatic heterocycles. The fourth-order valence-corrected chi connectivity index (χ4v) is 2.90. The maximum Gasteiger partial charge on any atom is 0.416 e. The minimum absolute atomic E-state index is 0.0567. The summed E-state index contributed by atoms with van der Waals surface area (Å²) in [6.07, 6.45) is -3.17. The number of nitrogens with zero attached hydrogens (tertiary/aromatic N) is 2. The highest BCUT2D eigenvalue weighted by atomic mass is 19.4. The van der Waals surface area contributed by atoms with E-state index < -0.39 is 17.6 Å². The molecule has 0 aliphatic carbocycles. The smallest absolute Gasteiger partial charge is 0.416 e. The third-order valence-corrected chi connectivity index (χ3v) is 4.43. The lowest BCUT2D eigenvalue weighted by Crippen LogP contribution is -2.18. The Morgan fingerprint density at radius 2 is 1.84 bits per heavy atom. The second-order valence-electron chi connectivity index (χ2n) is 6.64. The van der Waals surface area contributed by atoms with Crippen LogP contribution in [0.3, 0.4) is 0 Å². The van der Waals surface area contributed by atoms with Crippen molar-refractivity contribution in [3.8, 4) is 11.5 Å². The van der Waals surface area contributed by atoms with E-state index in [2.05, 4.69) is 25.6 Å². The van der Waals surface area contributed by atoms with Gasteiger partial charge in [0.2, 0.25) is 5.95 Å². The fraction of sp³-hybridized carbons (Fsp3) is 0.0952. The van der Waals surface area contributed by atoms with Gasteiger partial charge in [-0.25, -0.2) is 9.37 Å². The van der Waals surface area contributed by atoms with E-state index in [-0.39, 0.29) is 23.2 Å². The van der Waals surface area contributed by atoms with Crippen LogP contribution in [0.15, 0.2) is 54.7 Å². The molecule has 0 saturated heterocycles. The lowest BCUT2D eigenvalue weighted by Gasteiger charge is -2.10. The Morgan fingerprint density at radius 1 is 1.06 bits per heavy atom. The van der Waals surface area contributed by atoms with Crippen molar-refractivity contribution >= 4 is 28.6 Å². The number of aromatic amines is 1. The summed E-state index contributed by atoms with van der Waals surface area (Å²) in [5.41, 5.74) is -0.193. The zero-order valence-corrected chi connectivity index (χ0v) is 16.4. The normalized spacial score (nSPS) is 11.4. The van der Waals surface area contributed by atoms with Gasteiger partial charge in [-0.1, -0.05) is 0 Å². The molecule has 0 fully saturated rings. The summed E-state index contributed by atoms with van der Waals surface area (Å²) in [7, 11) is 1.49. The number of aromatic nitrogens is 3. The summed E-state index contributed by atoms with van der Waals surface area (Å²) in [6, 6.07) is 9.98. The molecule has 3 N–H and O–H groups in total. The van der Waals surface area contributed by atoms with Gasteiger partial charge in [-0.3, -0.25) is 9.78 Å². The van der Waals surface area contributed by atoms with E-state index in [1.54, 1.807) is 24.3 Å². The highest BCUT2D eigenvalue weighted by molar-refractivity contribution is 5.92. The Balaban J connectivity index is 1.57. The van der Waals surface area contributed by atoms with Crippen molar-refractivity contribution in [2.45, 2.75) is 6.18 Å². The summed E-state index contributed by atoms with van der Waals surface area (Å²) in [4.78, 5) is 22.8. The number of alkyl halides is 3. The summed E-state index contributed by atoms with van der Waals surface area (Å²) in [5.74, 6) is -0.392. The second-order valence-corrected chi connectivity index (χ2v) is 6.64. The molecule has 0 spiro atoms. The molecule has 2 heterocycles. The van der Waals surface area contributed by atoms with Crippen LogP contribution < -0.4 is 15.4 Å². The van der Waals surface area contributed by atoms with Crippen molar-refractivity contribution in [1.29, 1.82) is 0 Å². The number of fused-ring (bicyclic) bond motifs is 1. The van der Waals surface area contributed by atoms with Gasteiger partial charge in [0.05, 0.1) is 22.3 Å². The van der Waals surface area contributed by atoms with Crippen LogP contribution in [0, 0.1) is 5.82 Å². The highest BCUT2D eigenvalue weighted by Gasteiger charge is 2.31. The average Bonchev–Trinajstić information content (AvgIpc) is 3.15. The summed E-state index contributed by atoms with van der Waals surface area (Å²) in [5, 5.41) is 5.00. The predicted octanol–water partition coefficient (Wildman–Crippen LogP) is 5.01. The molecule has 0 atom stereocenters. The molecular formula is C21H15F4N5O2. The van der Waals surface area contributed by atoms with Gasteiger partial charge in [-0.05, 0) is 36.4 Å². The van der Waals surface area contributed by atoms with Crippen molar-refractivity contribution in [2.24, 2.45) is 0 Å². The molecule has 0 unspecified atom stereocenters.